The topological polar surface area (TPSA) is 0 Å². The molecule has 1 rings (SSSR count). The first-order valence-electron chi connectivity index (χ1n) is 3.58. The summed E-state index contributed by atoms with van der Waals surface area (Å²) in [6.45, 7) is 5.84. The van der Waals surface area contributed by atoms with Gasteiger partial charge in [-0.15, -0.1) is 0 Å². The zero-order valence-electron chi connectivity index (χ0n) is 7.01. The maximum atomic E-state index is 3.69. The van der Waals surface area contributed by atoms with Gasteiger partial charge in [-0.2, -0.15) is 0 Å². The zero-order chi connectivity index (χ0) is 7.40. The Labute approximate surface area is 79.6 Å². The molecule has 1 aromatic carbocycles. The molecule has 1 atom stereocenters. The van der Waals surface area contributed by atoms with Crippen molar-refractivity contribution in [1.82, 2.24) is 0 Å². The van der Waals surface area contributed by atoms with Gasteiger partial charge in [-0.05, 0) is 17.5 Å². The standard InChI is InChI=1S/C10H12.AsH3/c1-3-9-5-7-10(4-2)8-6-9;/h3,5-8H,1,4H2,2H3;1H3. The van der Waals surface area contributed by atoms with Crippen molar-refractivity contribution in [2.75, 3.05) is 0 Å². The second-order valence-electron chi connectivity index (χ2n) is 2.30. The molecular formula is C10H15As. The van der Waals surface area contributed by atoms with Crippen molar-refractivity contribution in [3.05, 3.63) is 42.0 Å². The summed E-state index contributed by atoms with van der Waals surface area (Å²) in [6.07, 6.45) is 2.97. The molecule has 1 unspecified atom stereocenters. The quantitative estimate of drug-likeness (QED) is 0.652. The van der Waals surface area contributed by atoms with Crippen LogP contribution in [0.2, 0.25) is 0 Å². The van der Waals surface area contributed by atoms with Gasteiger partial charge < -0.3 is 0 Å². The van der Waals surface area contributed by atoms with Crippen LogP contribution in [0, 0.1) is 0 Å². The minimum absolute atomic E-state index is 0. The Hall–Kier alpha value is -0.482. The second kappa shape index (κ2) is 5.21. The molecular weight excluding hydrogens is 195 g/mol. The SMILES string of the molecule is C=Cc1ccc(CC)cc1.[AsH3]. The van der Waals surface area contributed by atoms with E-state index in [9.17, 15) is 0 Å². The Morgan fingerprint density at radius 3 is 2.18 bits per heavy atom. The van der Waals surface area contributed by atoms with E-state index in [-0.39, 0.29) is 18.0 Å². The minimum atomic E-state index is 0. The fraction of sp³-hybridized carbons (Fsp3) is 0.200. The van der Waals surface area contributed by atoms with Crippen LogP contribution in [0.15, 0.2) is 30.8 Å². The zero-order valence-corrected chi connectivity index (χ0v) is 9.98. The van der Waals surface area contributed by atoms with Gasteiger partial charge in [0, 0.05) is 0 Å². The van der Waals surface area contributed by atoms with Crippen LogP contribution < -0.4 is 0 Å². The monoisotopic (exact) mass is 210 g/mol. The number of benzene rings is 1. The van der Waals surface area contributed by atoms with Crippen LogP contribution in [0.25, 0.3) is 6.08 Å². The fourth-order valence-electron chi connectivity index (χ4n) is 0.889. The summed E-state index contributed by atoms with van der Waals surface area (Å²) in [5.41, 5.74) is 2.57. The van der Waals surface area contributed by atoms with Crippen LogP contribution in [-0.2, 0) is 6.42 Å². The van der Waals surface area contributed by atoms with Gasteiger partial charge in [0.1, 0.15) is 0 Å². The van der Waals surface area contributed by atoms with E-state index in [2.05, 4.69) is 37.8 Å². The van der Waals surface area contributed by atoms with Crippen LogP contribution >= 0.6 is 0 Å². The Kier molecular flexibility index (Phi) is 4.98. The molecule has 0 saturated heterocycles. The van der Waals surface area contributed by atoms with E-state index in [0.717, 1.165) is 6.42 Å². The molecule has 60 valence electrons. The predicted octanol–water partition coefficient (Wildman–Crippen LogP) is 1.71. The van der Waals surface area contributed by atoms with Crippen LogP contribution in [0.1, 0.15) is 18.1 Å². The van der Waals surface area contributed by atoms with E-state index in [1.165, 1.54) is 11.1 Å². The van der Waals surface area contributed by atoms with Gasteiger partial charge in [-0.3, -0.25) is 0 Å². The summed E-state index contributed by atoms with van der Waals surface area (Å²) in [7, 11) is 0. The molecule has 0 spiro atoms. The molecule has 0 bridgehead atoms. The molecule has 0 aliphatic rings. The molecule has 0 amide bonds. The molecule has 0 heterocycles. The Bertz CT molecular complexity index is 211. The van der Waals surface area contributed by atoms with Crippen LogP contribution in [0.5, 0.6) is 0 Å². The molecule has 0 aliphatic heterocycles. The Morgan fingerprint density at radius 1 is 1.27 bits per heavy atom. The Morgan fingerprint density at radius 2 is 1.82 bits per heavy atom. The van der Waals surface area contributed by atoms with Gasteiger partial charge in [-0.1, -0.05) is 43.8 Å². The second-order valence-corrected chi connectivity index (χ2v) is 2.30. The summed E-state index contributed by atoms with van der Waals surface area (Å²) in [5, 5.41) is 0. The summed E-state index contributed by atoms with van der Waals surface area (Å²) < 4.78 is 0. The third-order valence-electron chi connectivity index (χ3n) is 1.62. The summed E-state index contributed by atoms with van der Waals surface area (Å²) >= 11 is 0. The first-order chi connectivity index (χ1) is 4.86. The summed E-state index contributed by atoms with van der Waals surface area (Å²) in [6, 6.07) is 8.45. The predicted molar refractivity (Wildman–Crippen MR) is 55.9 cm³/mol. The number of hydrogen-bond acceptors (Lipinski definition) is 0. The van der Waals surface area contributed by atoms with Gasteiger partial charge >= 0.3 is 18.0 Å². The molecule has 1 heteroatoms. The number of aryl methyl sites for hydroxylation is 1. The molecule has 0 aromatic heterocycles. The number of rotatable bonds is 2. The Balaban J connectivity index is 0.000001000. The van der Waals surface area contributed by atoms with Crippen molar-refractivity contribution in [3.63, 3.8) is 0 Å². The van der Waals surface area contributed by atoms with Gasteiger partial charge in [-0.25, -0.2) is 0 Å². The average Bonchev–Trinajstić information content (AvgIpc) is 2.05. The van der Waals surface area contributed by atoms with Gasteiger partial charge in [0.25, 0.3) is 0 Å². The first-order valence-corrected chi connectivity index (χ1v) is 3.58. The normalized spacial score (nSPS) is 8.45. The van der Waals surface area contributed by atoms with Gasteiger partial charge in [0.05, 0.1) is 0 Å². The summed E-state index contributed by atoms with van der Waals surface area (Å²) in [5.74, 6) is 0. The van der Waals surface area contributed by atoms with E-state index >= 15 is 0 Å². The molecule has 0 N–H and O–H groups in total. The van der Waals surface area contributed by atoms with E-state index in [1.54, 1.807) is 0 Å². The third kappa shape index (κ3) is 2.94. The van der Waals surface area contributed by atoms with Crippen LogP contribution in [0.4, 0.5) is 0 Å². The molecule has 0 aliphatic carbocycles. The van der Waals surface area contributed by atoms with Gasteiger partial charge in [0.15, 0.2) is 0 Å². The van der Waals surface area contributed by atoms with Gasteiger partial charge in [0.2, 0.25) is 0 Å². The van der Waals surface area contributed by atoms with E-state index in [4.69, 9.17) is 0 Å². The molecule has 11 heavy (non-hydrogen) atoms. The van der Waals surface area contributed by atoms with Crippen molar-refractivity contribution < 1.29 is 0 Å². The van der Waals surface area contributed by atoms with Crippen LogP contribution in [-0.4, -0.2) is 18.0 Å². The molecule has 0 fully saturated rings. The van der Waals surface area contributed by atoms with Crippen LogP contribution in [0.3, 0.4) is 0 Å². The third-order valence-corrected chi connectivity index (χ3v) is 1.62. The number of hydrogen-bond donors (Lipinski definition) is 0. The van der Waals surface area contributed by atoms with Crippen molar-refractivity contribution in [2.45, 2.75) is 13.3 Å². The molecule has 0 saturated carbocycles. The van der Waals surface area contributed by atoms with E-state index < -0.39 is 0 Å². The van der Waals surface area contributed by atoms with Crippen molar-refractivity contribution in [2.24, 2.45) is 0 Å². The maximum absolute atomic E-state index is 3.69. The molecule has 0 nitrogen and oxygen atoms in total. The van der Waals surface area contributed by atoms with Crippen molar-refractivity contribution in [1.29, 1.82) is 0 Å². The van der Waals surface area contributed by atoms with Crippen molar-refractivity contribution >= 4 is 24.0 Å². The van der Waals surface area contributed by atoms with E-state index in [1.807, 2.05) is 6.08 Å². The fourth-order valence-corrected chi connectivity index (χ4v) is 0.889. The van der Waals surface area contributed by atoms with E-state index in [0.29, 0.717) is 0 Å². The first kappa shape index (κ1) is 10.5. The average molecular weight is 210 g/mol. The molecule has 1 aromatic rings. The summed E-state index contributed by atoms with van der Waals surface area (Å²) in [4.78, 5) is 0. The van der Waals surface area contributed by atoms with Crippen molar-refractivity contribution in [3.8, 4) is 0 Å². The molecule has 0 radical (unpaired) electrons.